The third-order valence-electron chi connectivity index (χ3n) is 3.84. The third-order valence-corrected chi connectivity index (χ3v) is 4.40. The van der Waals surface area contributed by atoms with Gasteiger partial charge in [0.25, 0.3) is 0 Å². The lowest BCUT2D eigenvalue weighted by molar-refractivity contribution is 0.102. The second-order valence-electron chi connectivity index (χ2n) is 5.24. The molecule has 0 saturated carbocycles. The van der Waals surface area contributed by atoms with Crippen LogP contribution in [0.5, 0.6) is 0 Å². The Morgan fingerprint density at radius 3 is 2.71 bits per heavy atom. The largest absolute Gasteiger partial charge is 0.353 e. The predicted molar refractivity (Wildman–Crippen MR) is 93.2 cm³/mol. The Morgan fingerprint density at radius 1 is 1.08 bits per heavy atom. The van der Waals surface area contributed by atoms with Crippen molar-refractivity contribution in [3.8, 4) is 5.69 Å². The monoisotopic (exact) mass is 358 g/mol. The van der Waals surface area contributed by atoms with Crippen molar-refractivity contribution < 1.29 is 4.74 Å². The van der Waals surface area contributed by atoms with Crippen LogP contribution in [-0.4, -0.2) is 27.6 Å². The number of ether oxygens (including phenoxy) is 1. The van der Waals surface area contributed by atoms with E-state index in [2.05, 4.69) is 10.1 Å². The van der Waals surface area contributed by atoms with E-state index in [0.29, 0.717) is 21.6 Å². The molecule has 0 N–H and O–H groups in total. The Bertz CT molecular complexity index is 951. The first kappa shape index (κ1) is 15.3. The van der Waals surface area contributed by atoms with Gasteiger partial charge in [0, 0.05) is 28.3 Å². The van der Waals surface area contributed by atoms with Crippen LogP contribution in [0.2, 0.25) is 10.0 Å². The number of aliphatic imine (C=N–C) groups is 1. The molecule has 1 atom stereocenters. The van der Waals surface area contributed by atoms with Crippen LogP contribution < -0.4 is 0 Å². The first-order valence-corrected chi connectivity index (χ1v) is 8.00. The van der Waals surface area contributed by atoms with Crippen LogP contribution in [0.3, 0.4) is 0 Å². The lowest BCUT2D eigenvalue weighted by Crippen LogP contribution is -2.08. The van der Waals surface area contributed by atoms with Gasteiger partial charge < -0.3 is 4.74 Å². The summed E-state index contributed by atoms with van der Waals surface area (Å²) in [5.74, 6) is 0.600. The minimum absolute atomic E-state index is 0.593. The van der Waals surface area contributed by atoms with E-state index < -0.39 is 6.23 Å². The fourth-order valence-corrected chi connectivity index (χ4v) is 3.15. The Labute approximate surface area is 148 Å². The molecule has 1 aromatic heterocycles. The average Bonchev–Trinajstić information content (AvgIpc) is 3.02. The van der Waals surface area contributed by atoms with E-state index in [4.69, 9.17) is 32.9 Å². The summed E-state index contributed by atoms with van der Waals surface area (Å²) in [7, 11) is 1.58. The minimum atomic E-state index is -0.593. The first-order chi connectivity index (χ1) is 11.7. The van der Waals surface area contributed by atoms with E-state index in [-0.39, 0.29) is 0 Å². The zero-order valence-corrected chi connectivity index (χ0v) is 14.2. The molecule has 0 fully saturated rings. The van der Waals surface area contributed by atoms with Gasteiger partial charge in [-0.3, -0.25) is 0 Å². The highest BCUT2D eigenvalue weighted by atomic mass is 35.5. The highest BCUT2D eigenvalue weighted by Crippen LogP contribution is 2.32. The van der Waals surface area contributed by atoms with Gasteiger partial charge in [-0.25, -0.2) is 14.7 Å². The van der Waals surface area contributed by atoms with E-state index in [9.17, 15) is 0 Å². The summed E-state index contributed by atoms with van der Waals surface area (Å²) in [5.41, 5.74) is 3.14. The molecule has 3 aromatic rings. The second-order valence-corrected chi connectivity index (χ2v) is 6.08. The molecule has 120 valence electrons. The summed E-state index contributed by atoms with van der Waals surface area (Å²) in [5, 5.41) is 5.52. The Hall–Kier alpha value is -2.21. The van der Waals surface area contributed by atoms with E-state index in [0.717, 1.165) is 16.8 Å². The predicted octanol–water partition coefficient (Wildman–Crippen LogP) is 4.07. The van der Waals surface area contributed by atoms with Gasteiger partial charge in [-0.1, -0.05) is 41.4 Å². The molecular weight excluding hydrogens is 347 g/mol. The van der Waals surface area contributed by atoms with Crippen molar-refractivity contribution in [2.24, 2.45) is 4.99 Å². The van der Waals surface area contributed by atoms with E-state index >= 15 is 0 Å². The van der Waals surface area contributed by atoms with Gasteiger partial charge in [0.15, 0.2) is 5.82 Å². The molecule has 2 heterocycles. The van der Waals surface area contributed by atoms with Crippen LogP contribution >= 0.6 is 23.2 Å². The number of methoxy groups -OCH3 is 1. The van der Waals surface area contributed by atoms with Crippen molar-refractivity contribution in [2.45, 2.75) is 6.23 Å². The number of rotatable bonds is 2. The van der Waals surface area contributed by atoms with Crippen molar-refractivity contribution in [3.05, 3.63) is 75.8 Å². The summed E-state index contributed by atoms with van der Waals surface area (Å²) in [6.07, 6.45) is 0.889. The minimum Gasteiger partial charge on any atom is -0.353 e. The molecule has 0 aliphatic carbocycles. The zero-order chi connectivity index (χ0) is 16.7. The van der Waals surface area contributed by atoms with Crippen molar-refractivity contribution in [1.82, 2.24) is 14.8 Å². The van der Waals surface area contributed by atoms with Crippen molar-refractivity contribution >= 4 is 28.9 Å². The van der Waals surface area contributed by atoms with Gasteiger partial charge in [-0.15, -0.1) is 0 Å². The number of halogens is 2. The normalized spacial score (nSPS) is 16.1. The Balaban J connectivity index is 2.05. The lowest BCUT2D eigenvalue weighted by atomic mass is 10.0. The fourth-order valence-electron chi connectivity index (χ4n) is 2.76. The average molecular weight is 359 g/mol. The second kappa shape index (κ2) is 6.02. The van der Waals surface area contributed by atoms with Crippen LogP contribution in [0.25, 0.3) is 5.69 Å². The van der Waals surface area contributed by atoms with Gasteiger partial charge in [0.1, 0.15) is 6.33 Å². The summed E-state index contributed by atoms with van der Waals surface area (Å²) in [6, 6.07) is 13.1. The van der Waals surface area contributed by atoms with Crippen molar-refractivity contribution in [1.29, 1.82) is 0 Å². The number of hydrogen-bond donors (Lipinski definition) is 0. The smallest absolute Gasteiger partial charge is 0.209 e. The molecule has 7 heteroatoms. The van der Waals surface area contributed by atoms with Gasteiger partial charge in [0.05, 0.1) is 11.4 Å². The molecular formula is C17H12Cl2N4O. The molecule has 0 bridgehead atoms. The number of aromatic nitrogens is 3. The van der Waals surface area contributed by atoms with E-state index in [1.807, 2.05) is 42.5 Å². The molecule has 1 unspecified atom stereocenters. The third kappa shape index (κ3) is 2.41. The number of fused-ring (bicyclic) bond motifs is 3. The summed E-state index contributed by atoms with van der Waals surface area (Å²) in [6.45, 7) is 0. The number of hydrogen-bond acceptors (Lipinski definition) is 4. The fraction of sp³-hybridized carbons (Fsp3) is 0.118. The molecule has 1 aliphatic rings. The van der Waals surface area contributed by atoms with Crippen LogP contribution in [0.4, 0.5) is 0 Å². The number of nitrogens with zero attached hydrogens (tertiary/aromatic N) is 4. The van der Waals surface area contributed by atoms with Gasteiger partial charge in [-0.05, 0) is 24.3 Å². The molecule has 0 spiro atoms. The highest BCUT2D eigenvalue weighted by molar-refractivity contribution is 6.36. The molecule has 4 rings (SSSR count). The van der Waals surface area contributed by atoms with Crippen LogP contribution in [0.15, 0.2) is 53.8 Å². The lowest BCUT2D eigenvalue weighted by Gasteiger charge is -2.12. The van der Waals surface area contributed by atoms with Gasteiger partial charge in [-0.2, -0.15) is 5.10 Å². The van der Waals surface area contributed by atoms with E-state index in [1.54, 1.807) is 11.8 Å². The van der Waals surface area contributed by atoms with Crippen molar-refractivity contribution in [2.75, 3.05) is 7.11 Å². The highest BCUT2D eigenvalue weighted by Gasteiger charge is 2.27. The molecule has 5 nitrogen and oxygen atoms in total. The van der Waals surface area contributed by atoms with Crippen LogP contribution in [-0.2, 0) is 4.74 Å². The maximum atomic E-state index is 6.40. The maximum absolute atomic E-state index is 6.40. The molecule has 2 aromatic carbocycles. The maximum Gasteiger partial charge on any atom is 0.209 e. The SMILES string of the molecule is COC1N=C(c2ccccc2Cl)c2cc(Cl)ccc2-n2ncnc21. The van der Waals surface area contributed by atoms with Gasteiger partial charge >= 0.3 is 0 Å². The quantitative estimate of drug-likeness (QED) is 0.693. The standard InChI is InChI=1S/C17H12Cl2N4O/c1-24-17-16-20-9-21-23(16)14-7-6-10(18)8-12(14)15(22-17)11-4-2-3-5-13(11)19/h2-9,17H,1H3. The van der Waals surface area contributed by atoms with E-state index in [1.165, 1.54) is 6.33 Å². The first-order valence-electron chi connectivity index (χ1n) is 7.24. The summed E-state index contributed by atoms with van der Waals surface area (Å²) < 4.78 is 7.24. The molecule has 0 radical (unpaired) electrons. The topological polar surface area (TPSA) is 52.3 Å². The molecule has 0 saturated heterocycles. The Kier molecular flexibility index (Phi) is 3.84. The molecule has 1 aliphatic heterocycles. The number of benzene rings is 2. The van der Waals surface area contributed by atoms with Crippen molar-refractivity contribution in [3.63, 3.8) is 0 Å². The summed E-state index contributed by atoms with van der Waals surface area (Å²) >= 11 is 12.6. The zero-order valence-electron chi connectivity index (χ0n) is 12.6. The molecule has 24 heavy (non-hydrogen) atoms. The molecule has 0 amide bonds. The van der Waals surface area contributed by atoms with Crippen LogP contribution in [0.1, 0.15) is 23.2 Å². The van der Waals surface area contributed by atoms with Crippen LogP contribution in [0, 0.1) is 0 Å². The summed E-state index contributed by atoms with van der Waals surface area (Å²) in [4.78, 5) is 9.04. The van der Waals surface area contributed by atoms with Gasteiger partial charge in [0.2, 0.25) is 6.23 Å². The Morgan fingerprint density at radius 2 is 1.92 bits per heavy atom.